The summed E-state index contributed by atoms with van der Waals surface area (Å²) in [4.78, 5) is 14.1. The van der Waals surface area contributed by atoms with Gasteiger partial charge in [-0.2, -0.15) is 5.10 Å². The van der Waals surface area contributed by atoms with Crippen LogP contribution in [0.4, 0.5) is 10.6 Å². The Bertz CT molecular complexity index is 450. The molecule has 6 nitrogen and oxygen atoms in total. The zero-order chi connectivity index (χ0) is 9.26. The first kappa shape index (κ1) is 7.53. The number of amides is 1. The molecule has 2 rings (SSSR count). The van der Waals surface area contributed by atoms with Crippen LogP contribution in [0.25, 0.3) is 5.52 Å². The van der Waals surface area contributed by atoms with Crippen LogP contribution in [0.5, 0.6) is 0 Å². The lowest BCUT2D eigenvalue weighted by atomic mass is 10.5. The molecule has 0 unspecified atom stereocenters. The van der Waals surface area contributed by atoms with Crippen LogP contribution in [0.2, 0.25) is 0 Å². The van der Waals surface area contributed by atoms with Crippen LogP contribution >= 0.6 is 0 Å². The standard InChI is InChI=1S/C7H6N4O2/c12-7(13)10-6-2-1-5-3-8-4-9-11(5)6/h1-4,10H,(H,12,13). The predicted octanol–water partition coefficient (Wildman–Crippen LogP) is 0.819. The summed E-state index contributed by atoms with van der Waals surface area (Å²) in [6.45, 7) is 0. The van der Waals surface area contributed by atoms with Crippen molar-refractivity contribution in [3.05, 3.63) is 24.7 Å². The van der Waals surface area contributed by atoms with E-state index in [0.29, 0.717) is 5.82 Å². The van der Waals surface area contributed by atoms with E-state index in [1.165, 1.54) is 10.8 Å². The zero-order valence-corrected chi connectivity index (χ0v) is 6.51. The normalized spacial score (nSPS) is 10.2. The van der Waals surface area contributed by atoms with E-state index in [2.05, 4.69) is 15.4 Å². The molecule has 0 bridgehead atoms. The Morgan fingerprint density at radius 1 is 1.54 bits per heavy atom. The quantitative estimate of drug-likeness (QED) is 0.677. The van der Waals surface area contributed by atoms with Gasteiger partial charge in [0, 0.05) is 0 Å². The highest BCUT2D eigenvalue weighted by Crippen LogP contribution is 2.11. The van der Waals surface area contributed by atoms with E-state index >= 15 is 0 Å². The number of hydrogen-bond acceptors (Lipinski definition) is 3. The molecule has 0 atom stereocenters. The average molecular weight is 178 g/mol. The molecule has 2 N–H and O–H groups in total. The minimum atomic E-state index is -1.11. The highest BCUT2D eigenvalue weighted by molar-refractivity contribution is 5.82. The van der Waals surface area contributed by atoms with Gasteiger partial charge in [-0.25, -0.2) is 14.3 Å². The largest absolute Gasteiger partial charge is 0.465 e. The molecule has 2 aromatic rings. The third-order valence-electron chi connectivity index (χ3n) is 1.56. The third kappa shape index (κ3) is 1.28. The topological polar surface area (TPSA) is 79.5 Å². The number of anilines is 1. The lowest BCUT2D eigenvalue weighted by Crippen LogP contribution is -2.10. The molecule has 0 saturated carbocycles. The van der Waals surface area contributed by atoms with Gasteiger partial charge in [0.05, 0.1) is 11.7 Å². The minimum Gasteiger partial charge on any atom is -0.465 e. The van der Waals surface area contributed by atoms with Crippen LogP contribution in [-0.4, -0.2) is 25.8 Å². The highest BCUT2D eigenvalue weighted by atomic mass is 16.4. The second kappa shape index (κ2) is 2.74. The van der Waals surface area contributed by atoms with Crippen molar-refractivity contribution in [2.45, 2.75) is 0 Å². The first-order valence-corrected chi connectivity index (χ1v) is 3.55. The fourth-order valence-electron chi connectivity index (χ4n) is 1.07. The Morgan fingerprint density at radius 2 is 2.38 bits per heavy atom. The van der Waals surface area contributed by atoms with Gasteiger partial charge in [-0.3, -0.25) is 5.32 Å². The van der Waals surface area contributed by atoms with Crippen molar-refractivity contribution in [2.24, 2.45) is 0 Å². The number of carbonyl (C=O) groups is 1. The van der Waals surface area contributed by atoms with E-state index in [4.69, 9.17) is 5.11 Å². The summed E-state index contributed by atoms with van der Waals surface area (Å²) in [5.74, 6) is 0.407. The number of aromatic nitrogens is 3. The van der Waals surface area contributed by atoms with Crippen molar-refractivity contribution in [1.29, 1.82) is 0 Å². The van der Waals surface area contributed by atoms with E-state index in [1.807, 2.05) is 0 Å². The molecule has 2 heterocycles. The van der Waals surface area contributed by atoms with Gasteiger partial charge in [0.1, 0.15) is 12.1 Å². The Kier molecular flexibility index (Phi) is 1.59. The molecule has 0 radical (unpaired) electrons. The van der Waals surface area contributed by atoms with Gasteiger partial charge in [0.25, 0.3) is 0 Å². The number of rotatable bonds is 1. The maximum atomic E-state index is 10.3. The van der Waals surface area contributed by atoms with Gasteiger partial charge in [-0.05, 0) is 12.1 Å². The maximum absolute atomic E-state index is 10.3. The SMILES string of the molecule is O=C(O)Nc1ccc2cncnn12. The first-order chi connectivity index (χ1) is 6.27. The Labute approximate surface area is 72.8 Å². The van der Waals surface area contributed by atoms with Crippen molar-refractivity contribution in [3.8, 4) is 0 Å². The number of carboxylic acid groups (broad SMARTS) is 1. The van der Waals surface area contributed by atoms with Crippen LogP contribution in [-0.2, 0) is 0 Å². The van der Waals surface area contributed by atoms with Crippen LogP contribution in [0.3, 0.4) is 0 Å². The van der Waals surface area contributed by atoms with Gasteiger partial charge >= 0.3 is 6.09 Å². The third-order valence-corrected chi connectivity index (χ3v) is 1.56. The summed E-state index contributed by atoms with van der Waals surface area (Å²) in [5.41, 5.74) is 0.742. The molecular formula is C7H6N4O2. The summed E-state index contributed by atoms with van der Waals surface area (Å²) in [5, 5.41) is 14.6. The molecule has 2 aromatic heterocycles. The lowest BCUT2D eigenvalue weighted by Gasteiger charge is -1.98. The summed E-state index contributed by atoms with van der Waals surface area (Å²) in [6.07, 6.45) is 1.83. The molecule has 0 spiro atoms. The number of hydrogen-bond donors (Lipinski definition) is 2. The molecule has 66 valence electrons. The van der Waals surface area contributed by atoms with Gasteiger partial charge in [0.15, 0.2) is 0 Å². The fraction of sp³-hybridized carbons (Fsp3) is 0. The molecule has 0 fully saturated rings. The Hall–Kier alpha value is -2.11. The number of fused-ring (bicyclic) bond motifs is 1. The number of nitrogens with zero attached hydrogens (tertiary/aromatic N) is 3. The van der Waals surface area contributed by atoms with Crippen molar-refractivity contribution >= 4 is 17.4 Å². The van der Waals surface area contributed by atoms with E-state index in [0.717, 1.165) is 5.52 Å². The van der Waals surface area contributed by atoms with Crippen LogP contribution < -0.4 is 5.32 Å². The summed E-state index contributed by atoms with van der Waals surface area (Å²) >= 11 is 0. The van der Waals surface area contributed by atoms with Crippen molar-refractivity contribution in [2.75, 3.05) is 5.32 Å². The molecule has 0 saturated heterocycles. The molecule has 0 aliphatic heterocycles. The van der Waals surface area contributed by atoms with E-state index in [1.54, 1.807) is 18.3 Å². The molecule has 6 heteroatoms. The monoisotopic (exact) mass is 178 g/mol. The Morgan fingerprint density at radius 3 is 3.15 bits per heavy atom. The molecule has 0 aliphatic carbocycles. The van der Waals surface area contributed by atoms with Gasteiger partial charge in [0.2, 0.25) is 0 Å². The highest BCUT2D eigenvalue weighted by Gasteiger charge is 2.03. The van der Waals surface area contributed by atoms with Gasteiger partial charge in [-0.1, -0.05) is 0 Å². The van der Waals surface area contributed by atoms with Crippen LogP contribution in [0.1, 0.15) is 0 Å². The second-order valence-corrected chi connectivity index (χ2v) is 2.39. The van der Waals surface area contributed by atoms with Crippen molar-refractivity contribution < 1.29 is 9.90 Å². The van der Waals surface area contributed by atoms with E-state index in [-0.39, 0.29) is 0 Å². The minimum absolute atomic E-state index is 0.407. The molecule has 0 aromatic carbocycles. The van der Waals surface area contributed by atoms with Crippen LogP contribution in [0.15, 0.2) is 24.7 Å². The van der Waals surface area contributed by atoms with Crippen molar-refractivity contribution in [1.82, 2.24) is 14.6 Å². The molecule has 0 aliphatic rings. The maximum Gasteiger partial charge on any atom is 0.410 e. The molecular weight excluding hydrogens is 172 g/mol. The zero-order valence-electron chi connectivity index (χ0n) is 6.51. The lowest BCUT2D eigenvalue weighted by molar-refractivity contribution is 0.209. The van der Waals surface area contributed by atoms with E-state index in [9.17, 15) is 4.79 Å². The summed E-state index contributed by atoms with van der Waals surface area (Å²) in [7, 11) is 0. The van der Waals surface area contributed by atoms with Crippen LogP contribution in [0, 0.1) is 0 Å². The second-order valence-electron chi connectivity index (χ2n) is 2.39. The number of nitrogens with one attached hydrogen (secondary N) is 1. The van der Waals surface area contributed by atoms with E-state index < -0.39 is 6.09 Å². The molecule has 13 heavy (non-hydrogen) atoms. The molecule has 1 amide bonds. The van der Waals surface area contributed by atoms with Crippen molar-refractivity contribution in [3.63, 3.8) is 0 Å². The average Bonchev–Trinajstić information content (AvgIpc) is 2.48. The fourth-order valence-corrected chi connectivity index (χ4v) is 1.07. The van der Waals surface area contributed by atoms with Gasteiger partial charge < -0.3 is 5.11 Å². The smallest absolute Gasteiger partial charge is 0.410 e. The van der Waals surface area contributed by atoms with Gasteiger partial charge in [-0.15, -0.1) is 0 Å². The summed E-state index contributed by atoms with van der Waals surface area (Å²) in [6, 6.07) is 3.35. The summed E-state index contributed by atoms with van der Waals surface area (Å²) < 4.78 is 1.46. The Balaban J connectivity index is 2.51. The first-order valence-electron chi connectivity index (χ1n) is 3.55. The predicted molar refractivity (Wildman–Crippen MR) is 44.6 cm³/mol.